The van der Waals surface area contributed by atoms with Gasteiger partial charge in [0.15, 0.2) is 18.0 Å². The lowest BCUT2D eigenvalue weighted by atomic mass is 10.1. The van der Waals surface area contributed by atoms with E-state index < -0.39 is 11.6 Å². The van der Waals surface area contributed by atoms with E-state index in [-0.39, 0.29) is 35.9 Å². The number of ketones is 1. The summed E-state index contributed by atoms with van der Waals surface area (Å²) in [6.45, 7) is 2.94. The van der Waals surface area contributed by atoms with Crippen molar-refractivity contribution in [3.63, 3.8) is 0 Å². The molecule has 0 aliphatic heterocycles. The Bertz CT molecular complexity index is 743. The van der Waals surface area contributed by atoms with Crippen LogP contribution in [0.25, 0.3) is 11.0 Å². The van der Waals surface area contributed by atoms with E-state index in [1.807, 2.05) is 0 Å². The van der Waals surface area contributed by atoms with Gasteiger partial charge in [-0.3, -0.25) is 4.79 Å². The van der Waals surface area contributed by atoms with E-state index >= 15 is 0 Å². The number of esters is 1. The number of hydrogen-bond donors (Lipinski definition) is 0. The van der Waals surface area contributed by atoms with Gasteiger partial charge < -0.3 is 13.9 Å². The SMILES string of the molecule is CCOC(=O)COc1ccc2ccc(=O)oc2c1C(C)=O. The molecular weight excluding hydrogens is 276 g/mol. The van der Waals surface area contributed by atoms with E-state index in [2.05, 4.69) is 0 Å². The van der Waals surface area contributed by atoms with E-state index in [4.69, 9.17) is 13.9 Å². The molecule has 6 heteroatoms. The molecule has 0 bridgehead atoms. The van der Waals surface area contributed by atoms with Gasteiger partial charge >= 0.3 is 11.6 Å². The molecule has 1 aromatic heterocycles. The van der Waals surface area contributed by atoms with Crippen molar-refractivity contribution < 1.29 is 23.5 Å². The van der Waals surface area contributed by atoms with Crippen molar-refractivity contribution in [1.82, 2.24) is 0 Å². The normalized spacial score (nSPS) is 10.4. The smallest absolute Gasteiger partial charge is 0.344 e. The average molecular weight is 290 g/mol. The van der Waals surface area contributed by atoms with Crippen LogP contribution in [-0.4, -0.2) is 25.0 Å². The zero-order valence-corrected chi connectivity index (χ0v) is 11.7. The second-order valence-corrected chi connectivity index (χ2v) is 4.26. The molecule has 0 fully saturated rings. The fourth-order valence-electron chi connectivity index (χ4n) is 1.91. The minimum absolute atomic E-state index is 0.134. The van der Waals surface area contributed by atoms with Crippen molar-refractivity contribution in [3.8, 4) is 5.75 Å². The molecule has 110 valence electrons. The van der Waals surface area contributed by atoms with Gasteiger partial charge in [0.05, 0.1) is 6.61 Å². The molecule has 0 unspecified atom stereocenters. The molecule has 0 saturated heterocycles. The highest BCUT2D eigenvalue weighted by Crippen LogP contribution is 2.27. The molecule has 0 saturated carbocycles. The maximum Gasteiger partial charge on any atom is 0.344 e. The lowest BCUT2D eigenvalue weighted by Gasteiger charge is -2.10. The molecular formula is C15H14O6. The maximum absolute atomic E-state index is 11.8. The second kappa shape index (κ2) is 6.21. The van der Waals surface area contributed by atoms with Gasteiger partial charge in [-0.2, -0.15) is 0 Å². The van der Waals surface area contributed by atoms with Crippen LogP contribution in [0.5, 0.6) is 5.75 Å². The fraction of sp³-hybridized carbons (Fsp3) is 0.267. The third-order valence-corrected chi connectivity index (χ3v) is 2.75. The maximum atomic E-state index is 11.8. The Morgan fingerprint density at radius 1 is 1.19 bits per heavy atom. The van der Waals surface area contributed by atoms with Gasteiger partial charge in [0.2, 0.25) is 0 Å². The van der Waals surface area contributed by atoms with Crippen molar-refractivity contribution >= 4 is 22.7 Å². The molecule has 0 radical (unpaired) electrons. The largest absolute Gasteiger partial charge is 0.481 e. The number of benzene rings is 1. The molecule has 0 spiro atoms. The Hall–Kier alpha value is -2.63. The highest BCUT2D eigenvalue weighted by atomic mass is 16.6. The van der Waals surface area contributed by atoms with Crippen LogP contribution >= 0.6 is 0 Å². The van der Waals surface area contributed by atoms with E-state index in [9.17, 15) is 14.4 Å². The minimum Gasteiger partial charge on any atom is -0.481 e. The van der Waals surface area contributed by atoms with Crippen LogP contribution < -0.4 is 10.4 Å². The summed E-state index contributed by atoms with van der Waals surface area (Å²) in [6.07, 6.45) is 0. The first-order chi connectivity index (χ1) is 10.0. The third-order valence-electron chi connectivity index (χ3n) is 2.75. The second-order valence-electron chi connectivity index (χ2n) is 4.26. The summed E-state index contributed by atoms with van der Waals surface area (Å²) in [5.74, 6) is -0.687. The van der Waals surface area contributed by atoms with Crippen LogP contribution in [-0.2, 0) is 9.53 Å². The van der Waals surface area contributed by atoms with Gasteiger partial charge in [-0.25, -0.2) is 9.59 Å². The minimum atomic E-state index is -0.562. The lowest BCUT2D eigenvalue weighted by molar-refractivity contribution is -0.145. The first-order valence-electron chi connectivity index (χ1n) is 6.39. The summed E-state index contributed by atoms with van der Waals surface area (Å²) < 4.78 is 15.1. The van der Waals surface area contributed by atoms with Gasteiger partial charge in [0, 0.05) is 11.5 Å². The number of hydrogen-bond acceptors (Lipinski definition) is 6. The molecule has 21 heavy (non-hydrogen) atoms. The Balaban J connectivity index is 2.44. The molecule has 1 heterocycles. The first-order valence-corrected chi connectivity index (χ1v) is 6.39. The topological polar surface area (TPSA) is 82.8 Å². The zero-order valence-electron chi connectivity index (χ0n) is 11.7. The highest BCUT2D eigenvalue weighted by Gasteiger charge is 2.17. The van der Waals surface area contributed by atoms with Crippen LogP contribution in [0.2, 0.25) is 0 Å². The summed E-state index contributed by atoms with van der Waals surface area (Å²) >= 11 is 0. The van der Waals surface area contributed by atoms with Crippen LogP contribution in [0.1, 0.15) is 24.2 Å². The summed E-state index contributed by atoms with van der Waals surface area (Å²) in [5, 5.41) is 0.600. The monoisotopic (exact) mass is 290 g/mol. The molecule has 1 aromatic carbocycles. The van der Waals surface area contributed by atoms with Crippen LogP contribution in [0.4, 0.5) is 0 Å². The number of rotatable bonds is 5. The summed E-state index contributed by atoms with van der Waals surface area (Å²) in [5.41, 5.74) is -0.279. The molecule has 2 rings (SSSR count). The van der Waals surface area contributed by atoms with E-state index in [0.29, 0.717) is 5.39 Å². The third kappa shape index (κ3) is 3.28. The molecule has 6 nitrogen and oxygen atoms in total. The van der Waals surface area contributed by atoms with Crippen molar-refractivity contribution in [2.24, 2.45) is 0 Å². The van der Waals surface area contributed by atoms with Gasteiger partial charge in [-0.15, -0.1) is 0 Å². The van der Waals surface area contributed by atoms with E-state index in [1.54, 1.807) is 25.1 Å². The molecule has 0 aliphatic carbocycles. The predicted octanol–water partition coefficient (Wildman–Crippen LogP) is 1.94. The fourth-order valence-corrected chi connectivity index (χ4v) is 1.91. The molecule has 0 aliphatic rings. The molecule has 2 aromatic rings. The number of carbonyl (C=O) groups excluding carboxylic acids is 2. The predicted molar refractivity (Wildman–Crippen MR) is 74.6 cm³/mol. The average Bonchev–Trinajstić information content (AvgIpc) is 2.44. The van der Waals surface area contributed by atoms with Crippen molar-refractivity contribution in [3.05, 3.63) is 40.2 Å². The van der Waals surface area contributed by atoms with Crippen molar-refractivity contribution in [2.75, 3.05) is 13.2 Å². The van der Waals surface area contributed by atoms with Crippen LogP contribution in [0.15, 0.2) is 33.5 Å². The zero-order chi connectivity index (χ0) is 15.4. The highest BCUT2D eigenvalue weighted by molar-refractivity contribution is 6.07. The Morgan fingerprint density at radius 3 is 2.57 bits per heavy atom. The lowest BCUT2D eigenvalue weighted by Crippen LogP contribution is -2.16. The standard InChI is InChI=1S/C15H14O6/c1-3-19-13(18)8-20-11-6-4-10-5-7-12(17)21-15(10)14(11)9(2)16/h4-7H,3,8H2,1-2H3. The summed E-state index contributed by atoms with van der Waals surface area (Å²) in [7, 11) is 0. The summed E-state index contributed by atoms with van der Waals surface area (Å²) in [4.78, 5) is 34.4. The quantitative estimate of drug-likeness (QED) is 0.475. The van der Waals surface area contributed by atoms with E-state index in [1.165, 1.54) is 13.0 Å². The van der Waals surface area contributed by atoms with Gasteiger partial charge in [0.1, 0.15) is 11.3 Å². The van der Waals surface area contributed by atoms with Gasteiger partial charge in [-0.1, -0.05) is 0 Å². The number of carbonyl (C=O) groups is 2. The number of ether oxygens (including phenoxy) is 2. The summed E-state index contributed by atoms with van der Waals surface area (Å²) in [6, 6.07) is 6.03. The Kier molecular flexibility index (Phi) is 4.37. The molecule has 0 N–H and O–H groups in total. The van der Waals surface area contributed by atoms with Gasteiger partial charge in [0.25, 0.3) is 0 Å². The molecule has 0 amide bonds. The Morgan fingerprint density at radius 2 is 1.90 bits per heavy atom. The van der Waals surface area contributed by atoms with Crippen molar-refractivity contribution in [1.29, 1.82) is 0 Å². The van der Waals surface area contributed by atoms with Crippen molar-refractivity contribution in [2.45, 2.75) is 13.8 Å². The molecule has 0 atom stereocenters. The first kappa shape index (κ1) is 14.8. The number of fused-ring (bicyclic) bond motifs is 1. The Labute approximate surface area is 120 Å². The van der Waals surface area contributed by atoms with Crippen LogP contribution in [0.3, 0.4) is 0 Å². The van der Waals surface area contributed by atoms with E-state index in [0.717, 1.165) is 0 Å². The number of Topliss-reactive ketones (excluding diaryl/α,β-unsaturated/α-hetero) is 1. The van der Waals surface area contributed by atoms with Gasteiger partial charge in [-0.05, 0) is 32.0 Å². The van der Waals surface area contributed by atoms with Crippen LogP contribution in [0, 0.1) is 0 Å².